The maximum atomic E-state index is 8.85. The number of nitrogens with zero attached hydrogens (tertiary/aromatic N) is 1. The molecule has 2 rings (SSSR count). The molecule has 1 aromatic carbocycles. The van der Waals surface area contributed by atoms with Crippen LogP contribution in [0.25, 0.3) is 0 Å². The minimum absolute atomic E-state index is 0.0291. The monoisotopic (exact) mass is 191 g/mol. The first-order chi connectivity index (χ1) is 6.90. The van der Waals surface area contributed by atoms with Gasteiger partial charge in [0.25, 0.3) is 0 Å². The van der Waals surface area contributed by atoms with Crippen molar-refractivity contribution in [3.8, 4) is 0 Å². The Morgan fingerprint density at radius 3 is 2.86 bits per heavy atom. The second kappa shape index (κ2) is 5.14. The van der Waals surface area contributed by atoms with Crippen LogP contribution in [0.15, 0.2) is 29.3 Å². The van der Waals surface area contributed by atoms with E-state index < -0.39 is 0 Å². The van der Waals surface area contributed by atoms with Crippen LogP contribution in [0.5, 0.6) is 0 Å². The van der Waals surface area contributed by atoms with E-state index in [2.05, 4.69) is 17.0 Å². The topological polar surface area (TPSA) is 68.5 Å². The molecule has 0 fully saturated rings. The largest absolute Gasteiger partial charge is 0.390 e. The molecule has 0 amide bonds. The quantitative estimate of drug-likeness (QED) is 0.588. The van der Waals surface area contributed by atoms with Gasteiger partial charge in [0.05, 0.1) is 30.2 Å². The first-order valence-electron chi connectivity index (χ1n) is 4.26. The summed E-state index contributed by atoms with van der Waals surface area (Å²) in [6.45, 7) is 3.18. The molecular weight excluding hydrogens is 178 g/mol. The Labute approximate surface area is 82.8 Å². The Balaban J connectivity index is 0.000000461. The highest BCUT2D eigenvalue weighted by molar-refractivity contribution is 5.95. The SMILES string of the molecule is C=N.OCC1=Nc2ccccc2NC1. The number of nitrogens with one attached hydrogen (secondary N) is 2. The number of aliphatic hydroxyl groups excluding tert-OH is 1. The lowest BCUT2D eigenvalue weighted by Gasteiger charge is -2.15. The van der Waals surface area contributed by atoms with Gasteiger partial charge in [0, 0.05) is 0 Å². The van der Waals surface area contributed by atoms with Gasteiger partial charge in [-0.15, -0.1) is 0 Å². The molecular formula is C10H13N3O. The van der Waals surface area contributed by atoms with E-state index >= 15 is 0 Å². The molecule has 4 nitrogen and oxygen atoms in total. The molecule has 1 aliphatic heterocycles. The summed E-state index contributed by atoms with van der Waals surface area (Å²) in [5.74, 6) is 0. The molecule has 0 saturated heterocycles. The van der Waals surface area contributed by atoms with Crippen LogP contribution in [0.3, 0.4) is 0 Å². The van der Waals surface area contributed by atoms with Crippen molar-refractivity contribution in [3.63, 3.8) is 0 Å². The molecule has 14 heavy (non-hydrogen) atoms. The highest BCUT2D eigenvalue weighted by atomic mass is 16.3. The molecule has 1 heterocycles. The van der Waals surface area contributed by atoms with Crippen LogP contribution >= 0.6 is 0 Å². The van der Waals surface area contributed by atoms with E-state index in [1.54, 1.807) is 0 Å². The van der Waals surface area contributed by atoms with Crippen LogP contribution in [0.4, 0.5) is 11.4 Å². The van der Waals surface area contributed by atoms with Gasteiger partial charge in [0.15, 0.2) is 0 Å². The summed E-state index contributed by atoms with van der Waals surface area (Å²) in [5, 5.41) is 17.5. The fourth-order valence-electron chi connectivity index (χ4n) is 1.22. The van der Waals surface area contributed by atoms with E-state index in [-0.39, 0.29) is 6.61 Å². The van der Waals surface area contributed by atoms with Gasteiger partial charge in [-0.05, 0) is 18.9 Å². The van der Waals surface area contributed by atoms with Crippen molar-refractivity contribution < 1.29 is 5.11 Å². The predicted octanol–water partition coefficient (Wildman–Crippen LogP) is 1.44. The van der Waals surface area contributed by atoms with Gasteiger partial charge in [-0.3, -0.25) is 4.99 Å². The van der Waals surface area contributed by atoms with Gasteiger partial charge in [0.2, 0.25) is 0 Å². The summed E-state index contributed by atoms with van der Waals surface area (Å²) in [4.78, 5) is 4.27. The number of anilines is 1. The number of benzene rings is 1. The molecule has 0 saturated carbocycles. The zero-order chi connectivity index (χ0) is 10.4. The number of aliphatic hydroxyl groups is 1. The lowest BCUT2D eigenvalue weighted by molar-refractivity contribution is 0.356. The maximum absolute atomic E-state index is 8.85. The smallest absolute Gasteiger partial charge is 0.0862 e. The van der Waals surface area contributed by atoms with E-state index in [9.17, 15) is 0 Å². The summed E-state index contributed by atoms with van der Waals surface area (Å²) < 4.78 is 0. The van der Waals surface area contributed by atoms with Crippen LogP contribution in [-0.4, -0.2) is 30.7 Å². The number of hydrogen-bond donors (Lipinski definition) is 3. The third-order valence-electron chi connectivity index (χ3n) is 1.85. The molecule has 0 unspecified atom stereocenters. The zero-order valence-electron chi connectivity index (χ0n) is 7.83. The minimum atomic E-state index is 0.0291. The van der Waals surface area contributed by atoms with Gasteiger partial charge >= 0.3 is 0 Å². The van der Waals surface area contributed by atoms with Gasteiger partial charge < -0.3 is 15.8 Å². The van der Waals surface area contributed by atoms with Crippen molar-refractivity contribution >= 4 is 23.8 Å². The van der Waals surface area contributed by atoms with E-state index in [4.69, 9.17) is 10.5 Å². The predicted molar refractivity (Wildman–Crippen MR) is 59.0 cm³/mol. The Hall–Kier alpha value is -1.68. The van der Waals surface area contributed by atoms with Gasteiger partial charge in [-0.2, -0.15) is 0 Å². The van der Waals surface area contributed by atoms with Crippen LogP contribution in [0.1, 0.15) is 0 Å². The maximum Gasteiger partial charge on any atom is 0.0862 e. The molecule has 1 aromatic rings. The molecule has 0 atom stereocenters. The van der Waals surface area contributed by atoms with E-state index in [1.165, 1.54) is 0 Å². The van der Waals surface area contributed by atoms with Crippen molar-refractivity contribution in [1.82, 2.24) is 0 Å². The van der Waals surface area contributed by atoms with Crippen molar-refractivity contribution in [2.24, 2.45) is 4.99 Å². The Morgan fingerprint density at radius 1 is 1.43 bits per heavy atom. The zero-order valence-corrected chi connectivity index (χ0v) is 7.83. The first kappa shape index (κ1) is 10.4. The van der Waals surface area contributed by atoms with E-state index in [0.717, 1.165) is 17.1 Å². The summed E-state index contributed by atoms with van der Waals surface area (Å²) in [6.07, 6.45) is 0. The van der Waals surface area contributed by atoms with E-state index in [0.29, 0.717) is 6.54 Å². The third-order valence-corrected chi connectivity index (χ3v) is 1.85. The van der Waals surface area contributed by atoms with Crippen molar-refractivity contribution in [3.05, 3.63) is 24.3 Å². The van der Waals surface area contributed by atoms with Crippen LogP contribution in [0.2, 0.25) is 0 Å². The van der Waals surface area contributed by atoms with E-state index in [1.807, 2.05) is 24.3 Å². The van der Waals surface area contributed by atoms with Crippen molar-refractivity contribution in [2.45, 2.75) is 0 Å². The molecule has 0 aromatic heterocycles. The average molecular weight is 191 g/mol. The molecule has 74 valence electrons. The fourth-order valence-corrected chi connectivity index (χ4v) is 1.22. The molecule has 0 radical (unpaired) electrons. The number of para-hydroxylation sites is 2. The van der Waals surface area contributed by atoms with Gasteiger partial charge in [-0.25, -0.2) is 0 Å². The van der Waals surface area contributed by atoms with Crippen molar-refractivity contribution in [1.29, 1.82) is 5.41 Å². The highest BCUT2D eigenvalue weighted by Gasteiger charge is 2.08. The summed E-state index contributed by atoms with van der Waals surface area (Å²) in [5.41, 5.74) is 2.73. The standard InChI is InChI=1S/C9H10N2O.CH3N/c12-6-7-5-10-8-3-1-2-4-9(8)11-7;1-2/h1-4,10,12H,5-6H2;2H,1H2. The van der Waals surface area contributed by atoms with Crippen LogP contribution in [-0.2, 0) is 0 Å². The number of fused-ring (bicyclic) bond motifs is 1. The van der Waals surface area contributed by atoms with Gasteiger partial charge in [0.1, 0.15) is 0 Å². The van der Waals surface area contributed by atoms with Crippen LogP contribution in [0, 0.1) is 5.41 Å². The normalized spacial score (nSPS) is 12.8. The highest BCUT2D eigenvalue weighted by Crippen LogP contribution is 2.26. The van der Waals surface area contributed by atoms with Crippen molar-refractivity contribution in [2.75, 3.05) is 18.5 Å². The summed E-state index contributed by atoms with van der Waals surface area (Å²) >= 11 is 0. The number of hydrogen-bond acceptors (Lipinski definition) is 4. The Kier molecular flexibility index (Phi) is 3.82. The fraction of sp³-hybridized carbons (Fsp3) is 0.200. The Bertz CT molecular complexity index is 336. The number of rotatable bonds is 1. The lowest BCUT2D eigenvalue weighted by Crippen LogP contribution is -2.20. The molecule has 0 aliphatic carbocycles. The lowest BCUT2D eigenvalue weighted by atomic mass is 10.2. The second-order valence-electron chi connectivity index (χ2n) is 2.71. The first-order valence-corrected chi connectivity index (χ1v) is 4.26. The minimum Gasteiger partial charge on any atom is -0.390 e. The third kappa shape index (κ3) is 2.17. The van der Waals surface area contributed by atoms with Crippen LogP contribution < -0.4 is 5.32 Å². The molecule has 1 aliphatic rings. The second-order valence-corrected chi connectivity index (χ2v) is 2.71. The average Bonchev–Trinajstić information content (AvgIpc) is 2.31. The molecule has 4 heteroatoms. The molecule has 0 bridgehead atoms. The molecule has 0 spiro atoms. The summed E-state index contributed by atoms with van der Waals surface area (Å²) in [6, 6.07) is 7.81. The Morgan fingerprint density at radius 2 is 2.14 bits per heavy atom. The molecule has 3 N–H and O–H groups in total. The van der Waals surface area contributed by atoms with Gasteiger partial charge in [-0.1, -0.05) is 12.1 Å². The summed E-state index contributed by atoms with van der Waals surface area (Å²) in [7, 11) is 0. The number of aliphatic imine (C=N–C) groups is 1.